The van der Waals surface area contributed by atoms with E-state index in [2.05, 4.69) is 15.4 Å². The van der Waals surface area contributed by atoms with Gasteiger partial charge in [-0.15, -0.1) is 0 Å². The van der Waals surface area contributed by atoms with Gasteiger partial charge in [-0.1, -0.05) is 17.7 Å². The van der Waals surface area contributed by atoms with E-state index >= 15 is 0 Å². The van der Waals surface area contributed by atoms with Gasteiger partial charge in [0.1, 0.15) is 18.0 Å². The lowest BCUT2D eigenvalue weighted by Crippen LogP contribution is -2.31. The fourth-order valence-corrected chi connectivity index (χ4v) is 2.20. The molecule has 0 fully saturated rings. The summed E-state index contributed by atoms with van der Waals surface area (Å²) in [6.07, 6.45) is 2.98. The van der Waals surface area contributed by atoms with Crippen LogP contribution in [-0.4, -0.2) is 27.9 Å². The highest BCUT2D eigenvalue weighted by atomic mass is 35.5. The molecule has 2 rings (SSSR count). The molecule has 0 bridgehead atoms. The molecule has 4 nitrogen and oxygen atoms in total. The molecule has 19 heavy (non-hydrogen) atoms. The van der Waals surface area contributed by atoms with Gasteiger partial charge in [0.15, 0.2) is 0 Å². The quantitative estimate of drug-likeness (QED) is 0.912. The molecule has 0 saturated carbocycles. The topological polar surface area (TPSA) is 42.7 Å². The van der Waals surface area contributed by atoms with Gasteiger partial charge in [-0.05, 0) is 31.2 Å². The van der Waals surface area contributed by atoms with E-state index in [9.17, 15) is 4.39 Å². The Morgan fingerprint density at radius 1 is 1.42 bits per heavy atom. The summed E-state index contributed by atoms with van der Waals surface area (Å²) in [6.45, 7) is 0. The number of likely N-dealkylation sites (N-methyl/N-ethyl adjacent to an activating group) is 1. The smallest absolute Gasteiger partial charge is 0.138 e. The molecule has 0 aliphatic carbocycles. The van der Waals surface area contributed by atoms with E-state index in [-0.39, 0.29) is 11.9 Å². The lowest BCUT2D eigenvalue weighted by molar-refractivity contribution is 0.526. The van der Waals surface area contributed by atoms with E-state index < -0.39 is 0 Å². The maximum Gasteiger partial charge on any atom is 0.138 e. The van der Waals surface area contributed by atoms with Crippen LogP contribution in [0.5, 0.6) is 0 Å². The average molecular weight is 283 g/mol. The molecule has 0 aliphatic rings. The highest BCUT2D eigenvalue weighted by Crippen LogP contribution is 2.19. The van der Waals surface area contributed by atoms with E-state index in [0.717, 1.165) is 17.8 Å². The van der Waals surface area contributed by atoms with Gasteiger partial charge < -0.3 is 5.32 Å². The zero-order chi connectivity index (χ0) is 13.8. The van der Waals surface area contributed by atoms with Gasteiger partial charge >= 0.3 is 0 Å². The summed E-state index contributed by atoms with van der Waals surface area (Å²) in [5.41, 5.74) is 0.921. The molecule has 1 heterocycles. The van der Waals surface area contributed by atoms with Crippen molar-refractivity contribution < 1.29 is 4.39 Å². The third-order valence-corrected chi connectivity index (χ3v) is 3.48. The normalized spacial score (nSPS) is 12.6. The molecule has 0 spiro atoms. The Labute approximate surface area is 116 Å². The second-order valence-electron chi connectivity index (χ2n) is 4.43. The van der Waals surface area contributed by atoms with Crippen LogP contribution in [0.15, 0.2) is 24.5 Å². The van der Waals surface area contributed by atoms with Crippen LogP contribution in [0, 0.1) is 5.82 Å². The summed E-state index contributed by atoms with van der Waals surface area (Å²) in [5.74, 6) is 0.584. The molecule has 1 N–H and O–H groups in total. The number of hydrogen-bond acceptors (Lipinski definition) is 3. The van der Waals surface area contributed by atoms with Crippen molar-refractivity contribution in [2.45, 2.75) is 18.9 Å². The summed E-state index contributed by atoms with van der Waals surface area (Å²) in [7, 11) is 3.75. The van der Waals surface area contributed by atoms with Crippen molar-refractivity contribution in [3.8, 4) is 0 Å². The minimum Gasteiger partial charge on any atom is -0.316 e. The van der Waals surface area contributed by atoms with Crippen LogP contribution in [0.3, 0.4) is 0 Å². The molecule has 102 valence electrons. The van der Waals surface area contributed by atoms with Crippen LogP contribution in [0.25, 0.3) is 0 Å². The molecule has 2 aromatic rings. The first kappa shape index (κ1) is 14.0. The SMILES string of the molecule is CNC(Cc1ccc(F)cc1Cl)Cc1ncnn1C. The van der Waals surface area contributed by atoms with Crippen molar-refractivity contribution >= 4 is 11.6 Å². The second-order valence-corrected chi connectivity index (χ2v) is 4.84. The molecule has 0 saturated heterocycles. The Morgan fingerprint density at radius 2 is 2.21 bits per heavy atom. The van der Waals surface area contributed by atoms with E-state index in [0.29, 0.717) is 11.4 Å². The largest absolute Gasteiger partial charge is 0.316 e. The lowest BCUT2D eigenvalue weighted by Gasteiger charge is -2.16. The maximum atomic E-state index is 13.0. The molecule has 0 aliphatic heterocycles. The van der Waals surface area contributed by atoms with Crippen LogP contribution in [0.2, 0.25) is 5.02 Å². The molecule has 1 aromatic carbocycles. The third-order valence-electron chi connectivity index (χ3n) is 3.12. The number of nitrogens with zero attached hydrogens (tertiary/aromatic N) is 3. The molecule has 0 amide bonds. The number of halogens is 2. The average Bonchev–Trinajstić information content (AvgIpc) is 2.77. The van der Waals surface area contributed by atoms with Crippen molar-refractivity contribution in [3.63, 3.8) is 0 Å². The number of aromatic nitrogens is 3. The lowest BCUT2D eigenvalue weighted by atomic mass is 10.0. The van der Waals surface area contributed by atoms with Gasteiger partial charge in [0.05, 0.1) is 0 Å². The first-order valence-electron chi connectivity index (χ1n) is 6.04. The molecule has 6 heteroatoms. The zero-order valence-corrected chi connectivity index (χ0v) is 11.7. The zero-order valence-electron chi connectivity index (χ0n) is 10.9. The van der Waals surface area contributed by atoms with Crippen molar-refractivity contribution in [1.29, 1.82) is 0 Å². The molecular formula is C13H16ClFN4. The number of aryl methyl sites for hydroxylation is 1. The Bertz CT molecular complexity index is 555. The maximum absolute atomic E-state index is 13.0. The van der Waals surface area contributed by atoms with E-state index in [4.69, 9.17) is 11.6 Å². The Kier molecular flexibility index (Phi) is 4.50. The summed E-state index contributed by atoms with van der Waals surface area (Å²) in [6, 6.07) is 4.66. The second kappa shape index (κ2) is 6.12. The molecule has 1 atom stereocenters. The molecule has 0 radical (unpaired) electrons. The van der Waals surface area contributed by atoms with Gasteiger partial charge in [0.2, 0.25) is 0 Å². The highest BCUT2D eigenvalue weighted by molar-refractivity contribution is 6.31. The van der Waals surface area contributed by atoms with Gasteiger partial charge in [-0.2, -0.15) is 5.10 Å². The van der Waals surface area contributed by atoms with Crippen LogP contribution in [-0.2, 0) is 19.9 Å². The van der Waals surface area contributed by atoms with E-state index in [1.54, 1.807) is 10.7 Å². The summed E-state index contributed by atoms with van der Waals surface area (Å²) in [4.78, 5) is 4.20. The first-order valence-corrected chi connectivity index (χ1v) is 6.42. The number of hydrogen-bond donors (Lipinski definition) is 1. The minimum atomic E-state index is -0.317. The fraction of sp³-hybridized carbons (Fsp3) is 0.385. The monoisotopic (exact) mass is 282 g/mol. The summed E-state index contributed by atoms with van der Waals surface area (Å²) >= 11 is 6.04. The molecule has 1 aromatic heterocycles. The third kappa shape index (κ3) is 3.52. The van der Waals surface area contributed by atoms with Crippen LogP contribution >= 0.6 is 11.6 Å². The van der Waals surface area contributed by atoms with Crippen molar-refractivity contribution in [2.75, 3.05) is 7.05 Å². The standard InChI is InChI=1S/C13H16ClFN4/c1-16-11(7-13-17-8-18-19(13)2)5-9-3-4-10(15)6-12(9)14/h3-4,6,8,11,16H,5,7H2,1-2H3. The van der Waals surface area contributed by atoms with Crippen molar-refractivity contribution in [1.82, 2.24) is 20.1 Å². The van der Waals surface area contributed by atoms with Crippen LogP contribution < -0.4 is 5.32 Å². The van der Waals surface area contributed by atoms with Gasteiger partial charge in [0, 0.05) is 24.5 Å². The van der Waals surface area contributed by atoms with E-state index in [1.807, 2.05) is 14.1 Å². The summed E-state index contributed by atoms with van der Waals surface area (Å²) < 4.78 is 14.7. The number of benzene rings is 1. The minimum absolute atomic E-state index is 0.172. The number of rotatable bonds is 5. The highest BCUT2D eigenvalue weighted by Gasteiger charge is 2.13. The first-order chi connectivity index (χ1) is 9.10. The Morgan fingerprint density at radius 3 is 2.79 bits per heavy atom. The Hall–Kier alpha value is -1.46. The van der Waals surface area contributed by atoms with Crippen molar-refractivity contribution in [2.24, 2.45) is 7.05 Å². The van der Waals surface area contributed by atoms with Gasteiger partial charge in [0.25, 0.3) is 0 Å². The van der Waals surface area contributed by atoms with Gasteiger partial charge in [-0.25, -0.2) is 9.37 Å². The van der Waals surface area contributed by atoms with Crippen molar-refractivity contribution in [3.05, 3.63) is 46.8 Å². The number of nitrogens with one attached hydrogen (secondary N) is 1. The predicted molar refractivity (Wildman–Crippen MR) is 72.7 cm³/mol. The molecule has 1 unspecified atom stereocenters. The van der Waals surface area contributed by atoms with Crippen LogP contribution in [0.4, 0.5) is 4.39 Å². The Balaban J connectivity index is 2.09. The molecular weight excluding hydrogens is 267 g/mol. The predicted octanol–water partition coefficient (Wildman–Crippen LogP) is 1.98. The van der Waals surface area contributed by atoms with Crippen LogP contribution in [0.1, 0.15) is 11.4 Å². The van der Waals surface area contributed by atoms with E-state index in [1.165, 1.54) is 18.5 Å². The fourth-order valence-electron chi connectivity index (χ4n) is 1.95. The summed E-state index contributed by atoms with van der Waals surface area (Å²) in [5, 5.41) is 7.72. The van der Waals surface area contributed by atoms with Gasteiger partial charge in [-0.3, -0.25) is 4.68 Å².